The average molecular weight is 257 g/mol. The van der Waals surface area contributed by atoms with Crippen LogP contribution in [0.2, 0.25) is 0 Å². The van der Waals surface area contributed by atoms with E-state index < -0.39 is 17.5 Å². The van der Waals surface area contributed by atoms with E-state index >= 15 is 0 Å². The quantitative estimate of drug-likeness (QED) is 0.529. The van der Waals surface area contributed by atoms with E-state index in [0.717, 1.165) is 0 Å². The molecule has 7 nitrogen and oxygen atoms in total. The molecule has 102 valence electrons. The fourth-order valence-corrected chi connectivity index (χ4v) is 1.46. The molecule has 0 heterocycles. The molecule has 0 radical (unpaired) electrons. The van der Waals surface area contributed by atoms with Gasteiger partial charge in [-0.05, 0) is 26.7 Å². The smallest absolute Gasteiger partial charge is 0.329 e. The predicted molar refractivity (Wildman–Crippen MR) is 64.0 cm³/mol. The summed E-state index contributed by atoms with van der Waals surface area (Å²) in [6.07, 6.45) is 1.07. The van der Waals surface area contributed by atoms with Gasteiger partial charge in [-0.15, -0.1) is 0 Å². The van der Waals surface area contributed by atoms with Gasteiger partial charge >= 0.3 is 12.0 Å². The van der Waals surface area contributed by atoms with E-state index in [1.807, 2.05) is 13.8 Å². The lowest BCUT2D eigenvalue weighted by atomic mass is 10.3. The van der Waals surface area contributed by atoms with E-state index in [4.69, 9.17) is 5.11 Å². The highest BCUT2D eigenvalue weighted by Crippen LogP contribution is 2.35. The van der Waals surface area contributed by atoms with Crippen LogP contribution >= 0.6 is 0 Å². The SMILES string of the molecule is CC(C)NC(=O)CCNC(=O)NC1(C(=O)O)CC1. The highest BCUT2D eigenvalue weighted by Gasteiger charge is 2.51. The number of hydrogen-bond acceptors (Lipinski definition) is 3. The summed E-state index contributed by atoms with van der Waals surface area (Å²) < 4.78 is 0. The lowest BCUT2D eigenvalue weighted by Crippen LogP contribution is -2.48. The first-order valence-corrected chi connectivity index (χ1v) is 5.94. The van der Waals surface area contributed by atoms with E-state index in [2.05, 4.69) is 16.0 Å². The Labute approximate surface area is 105 Å². The van der Waals surface area contributed by atoms with Crippen molar-refractivity contribution in [2.75, 3.05) is 6.54 Å². The topological polar surface area (TPSA) is 108 Å². The van der Waals surface area contributed by atoms with E-state index in [1.165, 1.54) is 0 Å². The first-order valence-electron chi connectivity index (χ1n) is 5.94. The summed E-state index contributed by atoms with van der Waals surface area (Å²) in [6, 6.07) is -0.486. The molecule has 0 aromatic rings. The molecule has 0 unspecified atom stereocenters. The highest BCUT2D eigenvalue weighted by atomic mass is 16.4. The lowest BCUT2D eigenvalue weighted by Gasteiger charge is -2.13. The zero-order chi connectivity index (χ0) is 13.8. The molecule has 0 spiro atoms. The van der Waals surface area contributed by atoms with Gasteiger partial charge in [0.1, 0.15) is 5.54 Å². The van der Waals surface area contributed by atoms with Gasteiger partial charge in [0.2, 0.25) is 5.91 Å². The Morgan fingerprint density at radius 1 is 1.28 bits per heavy atom. The van der Waals surface area contributed by atoms with Crippen molar-refractivity contribution in [1.82, 2.24) is 16.0 Å². The van der Waals surface area contributed by atoms with Crippen LogP contribution in [0.1, 0.15) is 33.1 Å². The Morgan fingerprint density at radius 3 is 2.33 bits per heavy atom. The van der Waals surface area contributed by atoms with E-state index in [1.54, 1.807) is 0 Å². The number of carboxylic acid groups (broad SMARTS) is 1. The third-order valence-electron chi connectivity index (χ3n) is 2.60. The van der Waals surface area contributed by atoms with E-state index in [9.17, 15) is 14.4 Å². The normalized spacial score (nSPS) is 15.9. The van der Waals surface area contributed by atoms with Crippen LogP contribution in [-0.2, 0) is 9.59 Å². The second-order valence-corrected chi connectivity index (χ2v) is 4.74. The zero-order valence-corrected chi connectivity index (χ0v) is 10.6. The standard InChI is InChI=1S/C11H19N3O4/c1-7(2)13-8(15)3-6-12-10(18)14-11(4-5-11)9(16)17/h7H,3-6H2,1-2H3,(H,13,15)(H,16,17)(H2,12,14,18). The minimum atomic E-state index is -1.09. The number of rotatable bonds is 6. The van der Waals surface area contributed by atoms with Gasteiger partial charge in [-0.25, -0.2) is 9.59 Å². The molecule has 4 N–H and O–H groups in total. The number of aliphatic carboxylic acids is 1. The zero-order valence-electron chi connectivity index (χ0n) is 10.6. The Morgan fingerprint density at radius 2 is 1.89 bits per heavy atom. The van der Waals surface area contributed by atoms with Crippen LogP contribution in [0.4, 0.5) is 4.79 Å². The van der Waals surface area contributed by atoms with Crippen LogP contribution in [0.5, 0.6) is 0 Å². The molecule has 18 heavy (non-hydrogen) atoms. The van der Waals surface area contributed by atoms with E-state index in [-0.39, 0.29) is 24.9 Å². The molecule has 1 aliphatic rings. The number of hydrogen-bond donors (Lipinski definition) is 4. The summed E-state index contributed by atoms with van der Waals surface area (Å²) in [4.78, 5) is 33.5. The maximum absolute atomic E-state index is 11.4. The molecular weight excluding hydrogens is 238 g/mol. The lowest BCUT2D eigenvalue weighted by molar-refractivity contribution is -0.140. The van der Waals surface area contributed by atoms with Gasteiger partial charge in [-0.1, -0.05) is 0 Å². The van der Waals surface area contributed by atoms with Gasteiger partial charge in [-0.3, -0.25) is 4.79 Å². The molecule has 0 aromatic carbocycles. The monoisotopic (exact) mass is 257 g/mol. The van der Waals surface area contributed by atoms with Crippen molar-refractivity contribution >= 4 is 17.9 Å². The molecule has 1 saturated carbocycles. The van der Waals surface area contributed by atoms with Crippen molar-refractivity contribution in [2.24, 2.45) is 0 Å². The molecule has 0 aliphatic heterocycles. The van der Waals surface area contributed by atoms with Crippen LogP contribution in [0.15, 0.2) is 0 Å². The minimum Gasteiger partial charge on any atom is -0.480 e. The highest BCUT2D eigenvalue weighted by molar-refractivity contribution is 5.89. The predicted octanol–water partition coefficient (Wildman–Crippen LogP) is -0.182. The molecule has 0 aromatic heterocycles. The van der Waals surface area contributed by atoms with Crippen LogP contribution < -0.4 is 16.0 Å². The third kappa shape index (κ3) is 4.23. The summed E-state index contributed by atoms with van der Waals surface area (Å²) in [5, 5.41) is 16.4. The Balaban J connectivity index is 2.18. The van der Waals surface area contributed by atoms with Crippen LogP contribution in [-0.4, -0.2) is 41.1 Å². The first-order chi connectivity index (χ1) is 8.35. The van der Waals surface area contributed by atoms with Crippen LogP contribution in [0.25, 0.3) is 0 Å². The van der Waals surface area contributed by atoms with Crippen LogP contribution in [0, 0.1) is 0 Å². The molecule has 7 heteroatoms. The Hall–Kier alpha value is -1.79. The number of amides is 3. The third-order valence-corrected chi connectivity index (χ3v) is 2.60. The van der Waals surface area contributed by atoms with Crippen molar-refractivity contribution in [3.63, 3.8) is 0 Å². The number of urea groups is 1. The molecule has 3 amide bonds. The van der Waals surface area contributed by atoms with Gasteiger partial charge in [0.25, 0.3) is 0 Å². The van der Waals surface area contributed by atoms with Gasteiger partial charge in [0.15, 0.2) is 0 Å². The first kappa shape index (κ1) is 14.3. The van der Waals surface area contributed by atoms with Crippen molar-refractivity contribution in [1.29, 1.82) is 0 Å². The Kier molecular flexibility index (Phi) is 4.52. The fraction of sp³-hybridized carbons (Fsp3) is 0.727. The Bertz CT molecular complexity index is 350. The summed E-state index contributed by atoms with van der Waals surface area (Å²) >= 11 is 0. The second-order valence-electron chi connectivity index (χ2n) is 4.74. The van der Waals surface area contributed by atoms with Crippen molar-refractivity contribution < 1.29 is 19.5 Å². The summed E-state index contributed by atoms with van der Waals surface area (Å²) in [5.74, 6) is -1.17. The van der Waals surface area contributed by atoms with Gasteiger partial charge in [-0.2, -0.15) is 0 Å². The number of carboxylic acids is 1. The minimum absolute atomic E-state index is 0.0630. The number of carbonyl (C=O) groups excluding carboxylic acids is 2. The van der Waals surface area contributed by atoms with Crippen molar-refractivity contribution in [2.45, 2.75) is 44.7 Å². The summed E-state index contributed by atoms with van der Waals surface area (Å²) in [6.45, 7) is 3.88. The van der Waals surface area contributed by atoms with Crippen LogP contribution in [0.3, 0.4) is 0 Å². The molecule has 1 aliphatic carbocycles. The molecule has 1 fully saturated rings. The molecule has 0 atom stereocenters. The maximum Gasteiger partial charge on any atom is 0.329 e. The summed E-state index contributed by atoms with van der Waals surface area (Å²) in [5.41, 5.74) is -1.09. The number of carbonyl (C=O) groups is 3. The molecule has 0 bridgehead atoms. The van der Waals surface area contributed by atoms with Gasteiger partial charge in [0, 0.05) is 19.0 Å². The molecular formula is C11H19N3O4. The van der Waals surface area contributed by atoms with Crippen molar-refractivity contribution in [3.05, 3.63) is 0 Å². The average Bonchev–Trinajstić information content (AvgIpc) is 2.97. The summed E-state index contributed by atoms with van der Waals surface area (Å²) in [7, 11) is 0. The number of nitrogens with one attached hydrogen (secondary N) is 3. The van der Waals surface area contributed by atoms with E-state index in [0.29, 0.717) is 12.8 Å². The maximum atomic E-state index is 11.4. The fourth-order valence-electron chi connectivity index (χ4n) is 1.46. The molecule has 0 saturated heterocycles. The van der Waals surface area contributed by atoms with Crippen molar-refractivity contribution in [3.8, 4) is 0 Å². The molecule has 1 rings (SSSR count). The van der Waals surface area contributed by atoms with Gasteiger partial charge < -0.3 is 21.1 Å². The largest absolute Gasteiger partial charge is 0.480 e. The second kappa shape index (κ2) is 5.70. The van der Waals surface area contributed by atoms with Gasteiger partial charge in [0.05, 0.1) is 0 Å².